The summed E-state index contributed by atoms with van der Waals surface area (Å²) in [5.74, 6) is -0.0555. The Bertz CT molecular complexity index is 825. The standard InChI is InChI=1S/C20H22N4O/c1-16(25)22-19-10-8-17(9-11-19)14-23(2)15-18-6-3-4-7-20(18)24-13-5-12-21-24/h3-13H,14-15H2,1-2H3,(H,22,25). The van der Waals surface area contributed by atoms with Gasteiger partial charge in [-0.25, -0.2) is 4.68 Å². The highest BCUT2D eigenvalue weighted by Crippen LogP contribution is 2.17. The SMILES string of the molecule is CC(=O)Nc1ccc(CN(C)Cc2ccccc2-n2cccn2)cc1. The predicted molar refractivity (Wildman–Crippen MR) is 99.5 cm³/mol. The number of benzene rings is 2. The molecule has 3 aromatic rings. The van der Waals surface area contributed by atoms with E-state index in [1.165, 1.54) is 18.1 Å². The van der Waals surface area contributed by atoms with Crippen molar-refractivity contribution in [2.24, 2.45) is 0 Å². The highest BCUT2D eigenvalue weighted by atomic mass is 16.1. The van der Waals surface area contributed by atoms with Crippen LogP contribution in [0, 0.1) is 0 Å². The van der Waals surface area contributed by atoms with Crippen LogP contribution in [0.5, 0.6) is 0 Å². The van der Waals surface area contributed by atoms with Crippen LogP contribution in [0.4, 0.5) is 5.69 Å². The van der Waals surface area contributed by atoms with Crippen LogP contribution in [-0.4, -0.2) is 27.6 Å². The Balaban J connectivity index is 1.67. The van der Waals surface area contributed by atoms with E-state index in [9.17, 15) is 4.79 Å². The lowest BCUT2D eigenvalue weighted by Crippen LogP contribution is -2.18. The zero-order chi connectivity index (χ0) is 17.6. The van der Waals surface area contributed by atoms with Gasteiger partial charge in [0.05, 0.1) is 5.69 Å². The maximum Gasteiger partial charge on any atom is 0.221 e. The molecule has 5 heteroatoms. The minimum Gasteiger partial charge on any atom is -0.326 e. The second kappa shape index (κ2) is 7.77. The lowest BCUT2D eigenvalue weighted by atomic mass is 10.1. The molecule has 0 aliphatic heterocycles. The van der Waals surface area contributed by atoms with Gasteiger partial charge in [-0.2, -0.15) is 5.10 Å². The Morgan fingerprint density at radius 1 is 1.08 bits per heavy atom. The highest BCUT2D eigenvalue weighted by Gasteiger charge is 2.08. The molecule has 0 atom stereocenters. The molecule has 0 spiro atoms. The molecule has 2 aromatic carbocycles. The first-order valence-electron chi connectivity index (χ1n) is 8.25. The Labute approximate surface area is 147 Å². The summed E-state index contributed by atoms with van der Waals surface area (Å²) in [5.41, 5.74) is 4.35. The third kappa shape index (κ3) is 4.55. The van der Waals surface area contributed by atoms with Crippen molar-refractivity contribution in [1.29, 1.82) is 0 Å². The van der Waals surface area contributed by atoms with Crippen LogP contribution in [0.3, 0.4) is 0 Å². The molecule has 1 heterocycles. The number of carbonyl (C=O) groups excluding carboxylic acids is 1. The number of nitrogens with one attached hydrogen (secondary N) is 1. The van der Waals surface area contributed by atoms with E-state index in [1.807, 2.05) is 47.3 Å². The zero-order valence-corrected chi connectivity index (χ0v) is 14.5. The minimum atomic E-state index is -0.0555. The average Bonchev–Trinajstić information content (AvgIpc) is 3.11. The molecule has 0 unspecified atom stereocenters. The summed E-state index contributed by atoms with van der Waals surface area (Å²) in [6.45, 7) is 3.16. The van der Waals surface area contributed by atoms with Gasteiger partial charge < -0.3 is 5.32 Å². The van der Waals surface area contributed by atoms with Crippen LogP contribution in [0.25, 0.3) is 5.69 Å². The third-order valence-electron chi connectivity index (χ3n) is 3.91. The van der Waals surface area contributed by atoms with Gasteiger partial charge in [0.1, 0.15) is 0 Å². The molecule has 0 radical (unpaired) electrons. The van der Waals surface area contributed by atoms with E-state index in [2.05, 4.69) is 40.6 Å². The fraction of sp³-hybridized carbons (Fsp3) is 0.200. The second-order valence-electron chi connectivity index (χ2n) is 6.13. The molecular weight excluding hydrogens is 312 g/mol. The third-order valence-corrected chi connectivity index (χ3v) is 3.91. The summed E-state index contributed by atoms with van der Waals surface area (Å²) in [6, 6.07) is 18.2. The number of aromatic nitrogens is 2. The molecule has 3 rings (SSSR count). The molecular formula is C20H22N4O. The molecule has 5 nitrogen and oxygen atoms in total. The van der Waals surface area contributed by atoms with Gasteiger partial charge in [-0.15, -0.1) is 0 Å². The van der Waals surface area contributed by atoms with E-state index in [1.54, 1.807) is 6.20 Å². The number of carbonyl (C=O) groups is 1. The molecule has 1 N–H and O–H groups in total. The van der Waals surface area contributed by atoms with Gasteiger partial charge in [-0.05, 0) is 42.4 Å². The van der Waals surface area contributed by atoms with Crippen molar-refractivity contribution in [1.82, 2.24) is 14.7 Å². The van der Waals surface area contributed by atoms with Crippen LogP contribution in [0.2, 0.25) is 0 Å². The van der Waals surface area contributed by atoms with Crippen LogP contribution in [0.15, 0.2) is 67.0 Å². The van der Waals surface area contributed by atoms with Crippen LogP contribution < -0.4 is 5.32 Å². The second-order valence-corrected chi connectivity index (χ2v) is 6.13. The monoisotopic (exact) mass is 334 g/mol. The molecule has 1 amide bonds. The van der Waals surface area contributed by atoms with E-state index < -0.39 is 0 Å². The van der Waals surface area contributed by atoms with Gasteiger partial charge in [0.15, 0.2) is 0 Å². The first-order chi connectivity index (χ1) is 12.1. The van der Waals surface area contributed by atoms with Crippen molar-refractivity contribution in [2.75, 3.05) is 12.4 Å². The van der Waals surface area contributed by atoms with Crippen molar-refractivity contribution in [3.8, 4) is 5.69 Å². The molecule has 0 aliphatic carbocycles. The van der Waals surface area contributed by atoms with E-state index >= 15 is 0 Å². The van der Waals surface area contributed by atoms with Crippen LogP contribution >= 0.6 is 0 Å². The maximum atomic E-state index is 11.1. The van der Waals surface area contributed by atoms with E-state index in [4.69, 9.17) is 0 Å². The fourth-order valence-electron chi connectivity index (χ4n) is 2.83. The van der Waals surface area contributed by atoms with Crippen LogP contribution in [0.1, 0.15) is 18.1 Å². The van der Waals surface area contributed by atoms with Gasteiger partial charge >= 0.3 is 0 Å². The summed E-state index contributed by atoms with van der Waals surface area (Å²) < 4.78 is 1.89. The number of anilines is 1. The van der Waals surface area contributed by atoms with Gasteiger partial charge in [-0.1, -0.05) is 30.3 Å². The first kappa shape index (κ1) is 16.9. The number of rotatable bonds is 6. The van der Waals surface area contributed by atoms with Crippen molar-refractivity contribution in [3.05, 3.63) is 78.1 Å². The van der Waals surface area contributed by atoms with Crippen molar-refractivity contribution in [2.45, 2.75) is 20.0 Å². The van der Waals surface area contributed by atoms with E-state index in [-0.39, 0.29) is 5.91 Å². The van der Waals surface area contributed by atoms with Crippen molar-refractivity contribution >= 4 is 11.6 Å². The fourth-order valence-corrected chi connectivity index (χ4v) is 2.83. The summed E-state index contributed by atoms with van der Waals surface area (Å²) in [6.07, 6.45) is 3.75. The Morgan fingerprint density at radius 3 is 2.52 bits per heavy atom. The first-order valence-corrected chi connectivity index (χ1v) is 8.25. The van der Waals surface area contributed by atoms with Crippen LogP contribution in [-0.2, 0) is 17.9 Å². The van der Waals surface area contributed by atoms with E-state index in [0.29, 0.717) is 0 Å². The summed E-state index contributed by atoms with van der Waals surface area (Å²) in [7, 11) is 2.10. The van der Waals surface area contributed by atoms with E-state index in [0.717, 1.165) is 24.5 Å². The molecule has 0 bridgehead atoms. The number of hydrogen-bond acceptors (Lipinski definition) is 3. The quantitative estimate of drug-likeness (QED) is 0.751. The molecule has 1 aromatic heterocycles. The topological polar surface area (TPSA) is 50.2 Å². The number of amides is 1. The largest absolute Gasteiger partial charge is 0.326 e. The lowest BCUT2D eigenvalue weighted by molar-refractivity contribution is -0.114. The van der Waals surface area contributed by atoms with Gasteiger partial charge in [-0.3, -0.25) is 9.69 Å². The predicted octanol–water partition coefficient (Wildman–Crippen LogP) is 3.46. The molecule has 0 aliphatic rings. The maximum absolute atomic E-state index is 11.1. The Kier molecular flexibility index (Phi) is 5.26. The molecule has 0 saturated heterocycles. The molecule has 0 fully saturated rings. The van der Waals surface area contributed by atoms with Crippen molar-refractivity contribution in [3.63, 3.8) is 0 Å². The number of hydrogen-bond donors (Lipinski definition) is 1. The summed E-state index contributed by atoms with van der Waals surface area (Å²) >= 11 is 0. The highest BCUT2D eigenvalue weighted by molar-refractivity contribution is 5.88. The minimum absolute atomic E-state index is 0.0555. The average molecular weight is 334 g/mol. The molecule has 25 heavy (non-hydrogen) atoms. The normalized spacial score (nSPS) is 10.8. The Morgan fingerprint density at radius 2 is 1.84 bits per heavy atom. The van der Waals surface area contributed by atoms with Gasteiger partial charge in [0, 0.05) is 38.1 Å². The number of nitrogens with zero attached hydrogens (tertiary/aromatic N) is 3. The summed E-state index contributed by atoms with van der Waals surface area (Å²) in [5, 5.41) is 7.12. The zero-order valence-electron chi connectivity index (χ0n) is 14.5. The van der Waals surface area contributed by atoms with Gasteiger partial charge in [0.2, 0.25) is 5.91 Å². The molecule has 128 valence electrons. The Hall–Kier alpha value is -2.92. The summed E-state index contributed by atoms with van der Waals surface area (Å²) in [4.78, 5) is 13.3. The number of para-hydroxylation sites is 1. The molecule has 0 saturated carbocycles. The smallest absolute Gasteiger partial charge is 0.221 e. The van der Waals surface area contributed by atoms with Crippen molar-refractivity contribution < 1.29 is 4.79 Å². The lowest BCUT2D eigenvalue weighted by Gasteiger charge is -2.19. The van der Waals surface area contributed by atoms with Gasteiger partial charge in [0.25, 0.3) is 0 Å².